The van der Waals surface area contributed by atoms with Crippen LogP contribution in [0.4, 0.5) is 11.4 Å². The van der Waals surface area contributed by atoms with Crippen LogP contribution in [-0.2, 0) is 14.6 Å². The number of sulfonamides is 1. The van der Waals surface area contributed by atoms with Crippen molar-refractivity contribution in [3.8, 4) is 5.75 Å². The van der Waals surface area contributed by atoms with Crippen LogP contribution in [0.2, 0.25) is 5.02 Å². The van der Waals surface area contributed by atoms with Gasteiger partial charge in [-0.3, -0.25) is 20.2 Å². The molecule has 0 aliphatic carbocycles. The number of hydrogen-bond acceptors (Lipinski definition) is 8. The van der Waals surface area contributed by atoms with Gasteiger partial charge in [-0.15, -0.1) is 0 Å². The molecule has 12 nitrogen and oxygen atoms in total. The summed E-state index contributed by atoms with van der Waals surface area (Å²) in [5.41, 5.74) is -0.927. The van der Waals surface area contributed by atoms with Crippen molar-refractivity contribution >= 4 is 70.2 Å². The second-order valence-electron chi connectivity index (χ2n) is 5.16. The van der Waals surface area contributed by atoms with E-state index in [1.165, 1.54) is 0 Å². The summed E-state index contributed by atoms with van der Waals surface area (Å²) in [5.74, 6) is -0.197. The zero-order valence-electron chi connectivity index (χ0n) is 14.6. The van der Waals surface area contributed by atoms with Gasteiger partial charge in [0.25, 0.3) is 11.4 Å². The summed E-state index contributed by atoms with van der Waals surface area (Å²) in [6.07, 6.45) is -1.05. The van der Waals surface area contributed by atoms with Crippen molar-refractivity contribution in [1.29, 1.82) is 0 Å². The quantitative estimate of drug-likeness (QED) is 0.251. The van der Waals surface area contributed by atoms with Crippen LogP contribution in [-0.4, -0.2) is 59.0 Å². The maximum Gasteiger partial charge on any atom is 0.391 e. The van der Waals surface area contributed by atoms with E-state index in [2.05, 4.69) is 0 Å². The van der Waals surface area contributed by atoms with Crippen molar-refractivity contribution in [2.75, 3.05) is 6.29 Å². The molecule has 2 N–H and O–H groups in total. The smallest absolute Gasteiger partial charge is 0.391 e. The van der Waals surface area contributed by atoms with Gasteiger partial charge in [-0.1, -0.05) is 11.6 Å². The average molecular weight is 475 g/mol. The number of benzene rings is 2. The van der Waals surface area contributed by atoms with Crippen LogP contribution in [0.25, 0.3) is 0 Å². The van der Waals surface area contributed by atoms with Gasteiger partial charge in [0.15, 0.2) is 0 Å². The molecule has 151 valence electrons. The molecule has 2 rings (SSSR count). The Kier molecular flexibility index (Phi) is 8.74. The number of halogens is 1. The molecule has 16 heteroatoms. The maximum absolute atomic E-state index is 12.2. The zero-order chi connectivity index (χ0) is 21.1. The van der Waals surface area contributed by atoms with Crippen molar-refractivity contribution in [3.63, 3.8) is 0 Å². The van der Waals surface area contributed by atoms with Crippen LogP contribution < -0.4 is 9.25 Å². The monoisotopic (exact) mass is 474 g/mol. The molecule has 0 amide bonds. The predicted molar refractivity (Wildman–Crippen MR) is 103 cm³/mol. The number of nitrogens with one attached hydrogen (secondary N) is 1. The second-order valence-corrected chi connectivity index (χ2v) is 9.10. The van der Waals surface area contributed by atoms with E-state index < -0.39 is 44.3 Å². The van der Waals surface area contributed by atoms with E-state index >= 15 is 0 Å². The number of hydrogen-bond donors (Lipinski definition) is 2. The van der Waals surface area contributed by atoms with Crippen LogP contribution in [0.1, 0.15) is 0 Å². The molecule has 2 aromatic rings. The molecular formula is C13H11ClN3NaO9PS. The summed E-state index contributed by atoms with van der Waals surface area (Å²) in [4.78, 5) is 29.1. The third kappa shape index (κ3) is 7.01. The van der Waals surface area contributed by atoms with Crippen LogP contribution in [0, 0.1) is 20.2 Å². The Morgan fingerprint density at radius 3 is 2.21 bits per heavy atom. The second kappa shape index (κ2) is 9.96. The van der Waals surface area contributed by atoms with Crippen molar-refractivity contribution < 1.29 is 32.2 Å². The molecule has 1 radical (unpaired) electrons. The van der Waals surface area contributed by atoms with E-state index in [1.54, 1.807) is 0 Å². The zero-order valence-corrected chi connectivity index (χ0v) is 19.1. The number of rotatable bonds is 8. The van der Waals surface area contributed by atoms with Gasteiger partial charge in [-0.25, -0.2) is 13.0 Å². The maximum atomic E-state index is 12.2. The number of nitro benzene ring substituents is 2. The van der Waals surface area contributed by atoms with Crippen LogP contribution >= 0.6 is 19.2 Å². The Morgan fingerprint density at radius 1 is 1.10 bits per heavy atom. The summed E-state index contributed by atoms with van der Waals surface area (Å²) in [7, 11) is -8.92. The van der Waals surface area contributed by atoms with Crippen molar-refractivity contribution in [1.82, 2.24) is 4.72 Å². The van der Waals surface area contributed by atoms with Crippen LogP contribution in [0.15, 0.2) is 47.4 Å². The first-order valence-corrected chi connectivity index (χ1v) is 10.7. The Hall–Kier alpha value is -1.57. The Bertz CT molecular complexity index is 1080. The van der Waals surface area contributed by atoms with Gasteiger partial charge in [-0.2, -0.15) is 4.72 Å². The largest absolute Gasteiger partial charge is 0.424 e. The molecule has 0 aromatic heterocycles. The first-order chi connectivity index (χ1) is 12.9. The number of nitrogens with zero attached hydrogens (tertiary/aromatic N) is 2. The van der Waals surface area contributed by atoms with Crippen LogP contribution in [0.3, 0.4) is 0 Å². The summed E-state index contributed by atoms with van der Waals surface area (Å²) in [6, 6.07) is 6.89. The van der Waals surface area contributed by atoms with E-state index in [1.807, 2.05) is 4.72 Å². The van der Waals surface area contributed by atoms with E-state index in [0.717, 1.165) is 36.4 Å². The minimum Gasteiger partial charge on any atom is -0.424 e. The molecule has 1 unspecified atom stereocenters. The third-order valence-corrected chi connectivity index (χ3v) is 6.16. The summed E-state index contributed by atoms with van der Waals surface area (Å²) in [5, 5.41) is 21.1. The molecule has 29 heavy (non-hydrogen) atoms. The Balaban J connectivity index is 0.00000420. The van der Waals surface area contributed by atoms with Crippen molar-refractivity contribution in [2.24, 2.45) is 0 Å². The number of nitro groups is 2. The van der Waals surface area contributed by atoms with E-state index in [4.69, 9.17) is 16.1 Å². The molecule has 0 aliphatic heterocycles. The molecular weight excluding hydrogens is 464 g/mol. The molecule has 0 saturated carbocycles. The Morgan fingerprint density at radius 2 is 1.69 bits per heavy atom. The fourth-order valence-electron chi connectivity index (χ4n) is 1.88. The van der Waals surface area contributed by atoms with Gasteiger partial charge in [-0.05, 0) is 24.3 Å². The van der Waals surface area contributed by atoms with Crippen molar-refractivity contribution in [3.05, 3.63) is 67.7 Å². The van der Waals surface area contributed by atoms with Crippen molar-refractivity contribution in [2.45, 2.75) is 4.90 Å². The topological polar surface area (TPSA) is 179 Å². The fraction of sp³-hybridized carbons (Fsp3) is 0.0769. The summed E-state index contributed by atoms with van der Waals surface area (Å²) < 4.78 is 43.0. The molecule has 0 bridgehead atoms. The van der Waals surface area contributed by atoms with E-state index in [-0.39, 0.29) is 46.0 Å². The number of non-ortho nitro benzene ring substituents is 1. The minimum atomic E-state index is -4.53. The predicted octanol–water partition coefficient (Wildman–Crippen LogP) is 2.28. The molecule has 0 aliphatic rings. The van der Waals surface area contributed by atoms with E-state index in [0.29, 0.717) is 6.07 Å². The molecule has 1 atom stereocenters. The average Bonchev–Trinajstić information content (AvgIpc) is 2.60. The fourth-order valence-corrected chi connectivity index (χ4v) is 4.59. The van der Waals surface area contributed by atoms with Gasteiger partial charge in [0.05, 0.1) is 14.7 Å². The molecule has 0 fully saturated rings. The molecule has 0 heterocycles. The normalized spacial score (nSPS) is 13.0. The van der Waals surface area contributed by atoms with Gasteiger partial charge in [0.1, 0.15) is 17.1 Å². The molecule has 0 spiro atoms. The standard InChI is InChI=1S/C13H11ClN3O9PS.Na/c14-12-6-5-11(7-13(12)17(20)21)28(24,25)15-8-27(22,23)26-10-3-1-9(2-4-10)16(18)19;/h1-7,15H,8H2,(H,22,23);. The Labute approximate surface area is 191 Å². The van der Waals surface area contributed by atoms with Gasteiger partial charge >= 0.3 is 7.60 Å². The third-order valence-electron chi connectivity index (χ3n) is 3.17. The first-order valence-electron chi connectivity index (χ1n) is 7.11. The van der Waals surface area contributed by atoms with Gasteiger partial charge < -0.3 is 9.42 Å². The first kappa shape index (κ1) is 25.5. The van der Waals surface area contributed by atoms with Gasteiger partial charge in [0.2, 0.25) is 10.0 Å². The van der Waals surface area contributed by atoms with Gasteiger partial charge in [0, 0.05) is 47.8 Å². The SMILES string of the molecule is O=[N+]([O-])c1ccc(OP(=O)(O)CNS(=O)(=O)c2ccc(Cl)c([N+](=O)[O-])c2)cc1.[Na]. The van der Waals surface area contributed by atoms with Crippen LogP contribution in [0.5, 0.6) is 5.75 Å². The summed E-state index contributed by atoms with van der Waals surface area (Å²) >= 11 is 5.61. The molecule has 0 saturated heterocycles. The summed E-state index contributed by atoms with van der Waals surface area (Å²) in [6.45, 7) is 0. The molecule has 2 aromatic carbocycles. The minimum absolute atomic E-state index is 0. The van der Waals surface area contributed by atoms with E-state index in [9.17, 15) is 38.1 Å².